The van der Waals surface area contributed by atoms with Crippen molar-refractivity contribution in [1.82, 2.24) is 4.90 Å². The van der Waals surface area contributed by atoms with Crippen LogP contribution in [0.3, 0.4) is 0 Å². The van der Waals surface area contributed by atoms with Crippen molar-refractivity contribution in [2.24, 2.45) is 5.41 Å². The van der Waals surface area contributed by atoms with Crippen molar-refractivity contribution < 1.29 is 13.2 Å². The summed E-state index contributed by atoms with van der Waals surface area (Å²) in [5.41, 5.74) is 0.229. The van der Waals surface area contributed by atoms with Gasteiger partial charge in [-0.25, -0.2) is 8.42 Å². The van der Waals surface area contributed by atoms with Crippen LogP contribution < -0.4 is 0 Å². The fourth-order valence-electron chi connectivity index (χ4n) is 2.59. The number of likely N-dealkylation sites (tertiary alicyclic amines) is 1. The molecule has 0 N–H and O–H groups in total. The minimum atomic E-state index is -3.89. The van der Waals surface area contributed by atoms with Crippen LogP contribution in [0, 0.1) is 5.41 Å². The molecule has 1 heterocycles. The maximum Gasteiger partial charge on any atom is 0.261 e. The molecule has 1 aliphatic heterocycles. The summed E-state index contributed by atoms with van der Waals surface area (Å²) in [4.78, 5) is 14.2. The molecule has 116 valence electrons. The highest BCUT2D eigenvalue weighted by Gasteiger charge is 2.30. The number of halogens is 2. The quantitative estimate of drug-likeness (QED) is 0.767. The summed E-state index contributed by atoms with van der Waals surface area (Å²) in [5.74, 6) is -0.255. The van der Waals surface area contributed by atoms with Gasteiger partial charge in [0, 0.05) is 23.8 Å². The van der Waals surface area contributed by atoms with E-state index in [0.29, 0.717) is 13.1 Å². The van der Waals surface area contributed by atoms with Gasteiger partial charge in [0.25, 0.3) is 15.0 Å². The highest BCUT2D eigenvalue weighted by Crippen LogP contribution is 2.31. The minimum Gasteiger partial charge on any atom is -0.338 e. The van der Waals surface area contributed by atoms with Gasteiger partial charge in [0.05, 0.1) is 15.5 Å². The molecule has 0 unspecified atom stereocenters. The summed E-state index contributed by atoms with van der Waals surface area (Å²) in [6, 6.07) is 3.93. The molecule has 1 fully saturated rings. The van der Waals surface area contributed by atoms with Crippen LogP contribution in [-0.2, 0) is 9.05 Å². The first-order valence-corrected chi connectivity index (χ1v) is 9.32. The van der Waals surface area contributed by atoms with Crippen LogP contribution in [0.5, 0.6) is 0 Å². The third kappa shape index (κ3) is 3.90. The summed E-state index contributed by atoms with van der Waals surface area (Å²) in [5, 5.41) is 0.229. The molecule has 1 aromatic rings. The first kappa shape index (κ1) is 16.6. The van der Waals surface area contributed by atoms with Crippen LogP contribution >= 0.6 is 22.3 Å². The molecule has 1 aromatic carbocycles. The molecule has 2 rings (SSSR count). The van der Waals surface area contributed by atoms with Crippen LogP contribution in [0.1, 0.15) is 37.0 Å². The van der Waals surface area contributed by atoms with E-state index < -0.39 is 9.05 Å². The van der Waals surface area contributed by atoms with Gasteiger partial charge < -0.3 is 4.90 Å². The van der Waals surface area contributed by atoms with Crippen LogP contribution in [0.25, 0.3) is 0 Å². The van der Waals surface area contributed by atoms with Gasteiger partial charge in [-0.3, -0.25) is 4.79 Å². The van der Waals surface area contributed by atoms with E-state index in [9.17, 15) is 13.2 Å². The molecule has 0 aromatic heterocycles. The van der Waals surface area contributed by atoms with Gasteiger partial charge in [-0.05, 0) is 36.5 Å². The van der Waals surface area contributed by atoms with E-state index >= 15 is 0 Å². The van der Waals surface area contributed by atoms with Gasteiger partial charge in [-0.15, -0.1) is 0 Å². The Balaban J connectivity index is 2.35. The summed E-state index contributed by atoms with van der Waals surface area (Å²) < 4.78 is 22.8. The van der Waals surface area contributed by atoms with Crippen LogP contribution in [-0.4, -0.2) is 32.3 Å². The normalized spacial score (nSPS) is 18.6. The molecular formula is C14H17Cl2NO3S. The zero-order valence-electron chi connectivity index (χ0n) is 11.9. The lowest BCUT2D eigenvalue weighted by molar-refractivity contribution is 0.0583. The lowest BCUT2D eigenvalue weighted by Crippen LogP contribution is -2.43. The molecule has 0 aliphatic carbocycles. The number of carbonyl (C=O) groups excluding carboxylic acids is 1. The number of carbonyl (C=O) groups is 1. The Kier molecular flexibility index (Phi) is 4.57. The second-order valence-corrected chi connectivity index (χ2v) is 9.05. The molecule has 0 bridgehead atoms. The molecular weight excluding hydrogens is 333 g/mol. The number of piperidine rings is 1. The van der Waals surface area contributed by atoms with E-state index in [1.165, 1.54) is 18.2 Å². The third-order valence-corrected chi connectivity index (χ3v) is 5.32. The molecule has 0 atom stereocenters. The Morgan fingerprint density at radius 2 is 2.00 bits per heavy atom. The summed E-state index contributed by atoms with van der Waals surface area (Å²) in [6.45, 7) is 5.48. The van der Waals surface area contributed by atoms with Gasteiger partial charge in [-0.1, -0.05) is 25.4 Å². The van der Waals surface area contributed by atoms with Crippen molar-refractivity contribution in [2.45, 2.75) is 31.6 Å². The second-order valence-electron chi connectivity index (χ2n) is 6.07. The Bertz CT molecular complexity index is 671. The first-order chi connectivity index (χ1) is 9.60. The van der Waals surface area contributed by atoms with Gasteiger partial charge in [0.15, 0.2) is 0 Å². The van der Waals surface area contributed by atoms with E-state index in [0.717, 1.165) is 12.8 Å². The van der Waals surface area contributed by atoms with E-state index in [2.05, 4.69) is 13.8 Å². The molecule has 4 nitrogen and oxygen atoms in total. The van der Waals surface area contributed by atoms with Crippen molar-refractivity contribution in [3.05, 3.63) is 28.8 Å². The molecule has 0 radical (unpaired) electrons. The van der Waals surface area contributed by atoms with Gasteiger partial charge in [0.1, 0.15) is 0 Å². The van der Waals surface area contributed by atoms with Crippen molar-refractivity contribution in [3.63, 3.8) is 0 Å². The number of nitrogens with zero attached hydrogens (tertiary/aromatic N) is 1. The maximum absolute atomic E-state index is 12.6. The number of hydrogen-bond acceptors (Lipinski definition) is 3. The molecule has 0 saturated carbocycles. The van der Waals surface area contributed by atoms with Gasteiger partial charge >= 0.3 is 0 Å². The molecule has 21 heavy (non-hydrogen) atoms. The Morgan fingerprint density at radius 3 is 2.57 bits per heavy atom. The number of rotatable bonds is 2. The predicted octanol–water partition coefficient (Wildman–Crippen LogP) is 3.53. The predicted molar refractivity (Wildman–Crippen MR) is 83.4 cm³/mol. The highest BCUT2D eigenvalue weighted by atomic mass is 35.7. The molecule has 1 aliphatic rings. The van der Waals surface area contributed by atoms with Gasteiger partial charge in [-0.2, -0.15) is 0 Å². The number of benzene rings is 1. The maximum atomic E-state index is 12.6. The number of amides is 1. The summed E-state index contributed by atoms with van der Waals surface area (Å²) >= 11 is 6.05. The fraction of sp³-hybridized carbons (Fsp3) is 0.500. The van der Waals surface area contributed by atoms with Crippen molar-refractivity contribution >= 4 is 37.2 Å². The van der Waals surface area contributed by atoms with Crippen LogP contribution in [0.15, 0.2) is 23.1 Å². The molecule has 1 amide bonds. The number of hydrogen-bond donors (Lipinski definition) is 0. The Labute approximate surface area is 134 Å². The third-order valence-electron chi connectivity index (χ3n) is 3.64. The van der Waals surface area contributed by atoms with E-state index in [4.69, 9.17) is 22.3 Å². The summed E-state index contributed by atoms with van der Waals surface area (Å²) in [6.07, 6.45) is 1.98. The van der Waals surface area contributed by atoms with Crippen LogP contribution in [0.2, 0.25) is 5.02 Å². The zero-order valence-corrected chi connectivity index (χ0v) is 14.2. The fourth-order valence-corrected chi connectivity index (χ4v) is 3.56. The molecule has 0 spiro atoms. The van der Waals surface area contributed by atoms with E-state index in [1.54, 1.807) is 4.90 Å². The lowest BCUT2D eigenvalue weighted by atomic mass is 9.84. The van der Waals surface area contributed by atoms with Crippen LogP contribution in [0.4, 0.5) is 0 Å². The topological polar surface area (TPSA) is 54.5 Å². The van der Waals surface area contributed by atoms with Gasteiger partial charge in [0.2, 0.25) is 0 Å². The van der Waals surface area contributed by atoms with Crippen molar-refractivity contribution in [3.8, 4) is 0 Å². The average molecular weight is 350 g/mol. The van der Waals surface area contributed by atoms with Crippen molar-refractivity contribution in [1.29, 1.82) is 0 Å². The smallest absolute Gasteiger partial charge is 0.261 e. The highest BCUT2D eigenvalue weighted by molar-refractivity contribution is 8.13. The lowest BCUT2D eigenvalue weighted by Gasteiger charge is -2.38. The monoisotopic (exact) mass is 349 g/mol. The summed E-state index contributed by atoms with van der Waals surface area (Å²) in [7, 11) is 1.44. The average Bonchev–Trinajstić information content (AvgIpc) is 2.36. The largest absolute Gasteiger partial charge is 0.338 e. The SMILES string of the molecule is CC1(C)CCCN(C(=O)c2cc(S(=O)(=O)Cl)ccc2Cl)C1. The standard InChI is InChI=1S/C14H17Cl2NO3S/c1-14(2)6-3-7-17(9-14)13(18)11-8-10(21(16,19)20)4-5-12(11)15/h4-5,8H,3,6-7,9H2,1-2H3. The van der Waals surface area contributed by atoms with Crippen molar-refractivity contribution in [2.75, 3.05) is 13.1 Å². The second kappa shape index (κ2) is 5.78. The van der Waals surface area contributed by atoms with E-state index in [-0.39, 0.29) is 26.8 Å². The van der Waals surface area contributed by atoms with E-state index in [1.807, 2.05) is 0 Å². The molecule has 1 saturated heterocycles. The Hall–Kier alpha value is -0.780. The first-order valence-electron chi connectivity index (χ1n) is 6.64. The Morgan fingerprint density at radius 1 is 1.33 bits per heavy atom. The molecule has 7 heteroatoms. The minimum absolute atomic E-state index is 0.0521. The zero-order chi connectivity index (χ0) is 15.8.